The lowest BCUT2D eigenvalue weighted by molar-refractivity contribution is -0.0130. The molecule has 33 heavy (non-hydrogen) atoms. The van der Waals surface area contributed by atoms with E-state index >= 15 is 0 Å². The minimum Gasteiger partial charge on any atom is -0.346 e. The normalized spacial score (nSPS) is 23.5. The number of hydrogen-bond acceptors (Lipinski definition) is 6. The van der Waals surface area contributed by atoms with Crippen LogP contribution < -0.4 is 5.32 Å². The first kappa shape index (κ1) is 21.4. The molecular weight excluding hydrogens is 418 g/mol. The van der Waals surface area contributed by atoms with E-state index in [1.165, 1.54) is 0 Å². The molecule has 0 radical (unpaired) electrons. The second kappa shape index (κ2) is 8.48. The van der Waals surface area contributed by atoms with E-state index in [0.29, 0.717) is 12.5 Å². The first-order valence-corrected chi connectivity index (χ1v) is 11.5. The SMILES string of the molecule is CC(C)NC(=O)N1CCN(C2CC(CC#N)(n3cc(-c4ncnc5[nH]ccc45)cn3)C2)CC1. The number of urea groups is 1. The number of aromatic nitrogens is 5. The fraction of sp³-hybridized carbons (Fsp3) is 0.522. The van der Waals surface area contributed by atoms with Crippen LogP contribution in [0.2, 0.25) is 0 Å². The number of rotatable bonds is 5. The summed E-state index contributed by atoms with van der Waals surface area (Å²) in [6, 6.07) is 4.90. The minimum atomic E-state index is -0.298. The Morgan fingerprint density at radius 3 is 2.82 bits per heavy atom. The largest absolute Gasteiger partial charge is 0.346 e. The number of nitrogens with one attached hydrogen (secondary N) is 2. The topological polar surface area (TPSA) is 119 Å². The number of amides is 2. The molecule has 1 aliphatic carbocycles. The zero-order valence-corrected chi connectivity index (χ0v) is 19.0. The molecule has 4 heterocycles. The standard InChI is InChI=1S/C23H29N9O/c1-16(2)29-22(33)31-9-7-30(8-10-31)18-11-23(12-18,4-5-24)32-14-17(13-28-32)20-19-3-6-25-21(19)27-15-26-20/h3,6,13-16,18H,4,7-12H2,1-2H3,(H,29,33)(H,25,26,27). The van der Waals surface area contributed by atoms with Crippen LogP contribution in [0.15, 0.2) is 31.0 Å². The fourth-order valence-electron chi connectivity index (χ4n) is 5.07. The van der Waals surface area contributed by atoms with Crippen LogP contribution in [-0.2, 0) is 5.54 Å². The Morgan fingerprint density at radius 2 is 2.09 bits per heavy atom. The summed E-state index contributed by atoms with van der Waals surface area (Å²) < 4.78 is 1.97. The smallest absolute Gasteiger partial charge is 0.317 e. The number of carbonyl (C=O) groups is 1. The van der Waals surface area contributed by atoms with Crippen molar-refractivity contribution in [1.82, 2.24) is 39.8 Å². The van der Waals surface area contributed by atoms with Gasteiger partial charge in [-0.05, 0) is 32.8 Å². The highest BCUT2D eigenvalue weighted by Gasteiger charge is 2.49. The molecule has 2 N–H and O–H groups in total. The first-order chi connectivity index (χ1) is 16.0. The summed E-state index contributed by atoms with van der Waals surface area (Å²) in [6.45, 7) is 7.12. The van der Waals surface area contributed by atoms with E-state index in [2.05, 4.69) is 36.3 Å². The Bertz CT molecular complexity index is 1180. The molecule has 1 saturated heterocycles. The fourth-order valence-corrected chi connectivity index (χ4v) is 5.07. The van der Waals surface area contributed by atoms with Crippen LogP contribution in [0.25, 0.3) is 22.3 Å². The van der Waals surface area contributed by atoms with Gasteiger partial charge in [-0.1, -0.05) is 0 Å². The van der Waals surface area contributed by atoms with Crippen LogP contribution in [0, 0.1) is 11.3 Å². The van der Waals surface area contributed by atoms with Gasteiger partial charge in [0.1, 0.15) is 12.0 Å². The van der Waals surface area contributed by atoms with Crippen molar-refractivity contribution in [3.05, 3.63) is 31.0 Å². The van der Waals surface area contributed by atoms with E-state index in [-0.39, 0.29) is 17.6 Å². The number of hydrogen-bond donors (Lipinski definition) is 2. The number of carbonyl (C=O) groups excluding carboxylic acids is 1. The van der Waals surface area contributed by atoms with Crippen LogP contribution >= 0.6 is 0 Å². The van der Waals surface area contributed by atoms with Crippen molar-refractivity contribution < 1.29 is 4.79 Å². The highest BCUT2D eigenvalue weighted by molar-refractivity contribution is 5.90. The lowest BCUT2D eigenvalue weighted by Crippen LogP contribution is -2.61. The second-order valence-corrected chi connectivity index (χ2v) is 9.38. The molecule has 0 atom stereocenters. The molecule has 5 rings (SSSR count). The van der Waals surface area contributed by atoms with Gasteiger partial charge >= 0.3 is 6.03 Å². The van der Waals surface area contributed by atoms with Gasteiger partial charge < -0.3 is 15.2 Å². The summed E-state index contributed by atoms with van der Waals surface area (Å²) in [7, 11) is 0. The zero-order valence-electron chi connectivity index (χ0n) is 19.0. The predicted octanol–water partition coefficient (Wildman–Crippen LogP) is 2.33. The van der Waals surface area contributed by atoms with E-state index in [0.717, 1.165) is 61.3 Å². The number of piperazine rings is 1. The Balaban J connectivity index is 1.26. The zero-order chi connectivity index (χ0) is 23.0. The average Bonchev–Trinajstić information content (AvgIpc) is 3.45. The lowest BCUT2D eigenvalue weighted by atomic mass is 9.70. The lowest BCUT2D eigenvalue weighted by Gasteiger charge is -2.52. The van der Waals surface area contributed by atoms with E-state index in [9.17, 15) is 10.1 Å². The average molecular weight is 448 g/mol. The highest BCUT2D eigenvalue weighted by atomic mass is 16.2. The van der Waals surface area contributed by atoms with Crippen LogP contribution in [-0.4, -0.2) is 78.8 Å². The number of nitriles is 1. The van der Waals surface area contributed by atoms with Crippen molar-refractivity contribution in [1.29, 1.82) is 5.26 Å². The van der Waals surface area contributed by atoms with Gasteiger partial charge in [-0.25, -0.2) is 14.8 Å². The molecule has 172 valence electrons. The Morgan fingerprint density at radius 1 is 1.30 bits per heavy atom. The molecule has 10 nitrogen and oxygen atoms in total. The van der Waals surface area contributed by atoms with Gasteiger partial charge in [0.2, 0.25) is 0 Å². The molecule has 2 aliphatic rings. The van der Waals surface area contributed by atoms with Crippen LogP contribution in [0.3, 0.4) is 0 Å². The number of fused-ring (bicyclic) bond motifs is 1. The van der Waals surface area contributed by atoms with Crippen LogP contribution in [0.4, 0.5) is 4.79 Å². The summed E-state index contributed by atoms with van der Waals surface area (Å²) in [4.78, 5) is 28.4. The molecule has 0 bridgehead atoms. The van der Waals surface area contributed by atoms with Gasteiger partial charge in [0, 0.05) is 61.6 Å². The van der Waals surface area contributed by atoms with Crippen LogP contribution in [0.1, 0.15) is 33.1 Å². The third kappa shape index (κ3) is 3.93. The highest BCUT2D eigenvalue weighted by Crippen LogP contribution is 2.45. The summed E-state index contributed by atoms with van der Waals surface area (Å²) in [6.07, 6.45) is 9.42. The van der Waals surface area contributed by atoms with Gasteiger partial charge in [0.15, 0.2) is 0 Å². The molecule has 3 aromatic heterocycles. The Kier molecular flexibility index (Phi) is 5.50. The van der Waals surface area contributed by atoms with Gasteiger partial charge in [-0.2, -0.15) is 10.4 Å². The van der Waals surface area contributed by atoms with Gasteiger partial charge in [-0.15, -0.1) is 0 Å². The summed E-state index contributed by atoms with van der Waals surface area (Å²) in [5, 5.41) is 18.1. The molecule has 3 aromatic rings. The summed E-state index contributed by atoms with van der Waals surface area (Å²) >= 11 is 0. The molecule has 1 saturated carbocycles. The molecule has 0 aromatic carbocycles. The van der Waals surface area contributed by atoms with Crippen molar-refractivity contribution in [3.8, 4) is 17.3 Å². The third-order valence-corrected chi connectivity index (χ3v) is 6.87. The van der Waals surface area contributed by atoms with Gasteiger partial charge in [-0.3, -0.25) is 9.58 Å². The van der Waals surface area contributed by atoms with E-state index < -0.39 is 0 Å². The first-order valence-electron chi connectivity index (χ1n) is 11.5. The Hall–Kier alpha value is -3.45. The quantitative estimate of drug-likeness (QED) is 0.620. The van der Waals surface area contributed by atoms with Crippen molar-refractivity contribution in [2.24, 2.45) is 0 Å². The number of nitrogens with zero attached hydrogens (tertiary/aromatic N) is 7. The molecule has 2 amide bonds. The molecule has 2 fully saturated rings. The number of aromatic amines is 1. The number of H-pyrrole nitrogens is 1. The molecular formula is C23H29N9O. The van der Waals surface area contributed by atoms with Gasteiger partial charge in [0.05, 0.1) is 29.9 Å². The minimum absolute atomic E-state index is 0.0161. The van der Waals surface area contributed by atoms with Crippen LogP contribution in [0.5, 0.6) is 0 Å². The second-order valence-electron chi connectivity index (χ2n) is 9.38. The third-order valence-electron chi connectivity index (χ3n) is 6.87. The van der Waals surface area contributed by atoms with E-state index in [1.807, 2.05) is 48.1 Å². The maximum Gasteiger partial charge on any atom is 0.317 e. The molecule has 0 unspecified atom stereocenters. The maximum atomic E-state index is 12.3. The van der Waals surface area contributed by atoms with E-state index in [4.69, 9.17) is 0 Å². The Labute approximate surface area is 192 Å². The summed E-state index contributed by atoms with van der Waals surface area (Å²) in [5.74, 6) is 0. The van der Waals surface area contributed by atoms with Gasteiger partial charge in [0.25, 0.3) is 0 Å². The predicted molar refractivity (Wildman–Crippen MR) is 123 cm³/mol. The van der Waals surface area contributed by atoms with Crippen molar-refractivity contribution in [3.63, 3.8) is 0 Å². The summed E-state index contributed by atoms with van der Waals surface area (Å²) in [5.41, 5.74) is 2.26. The van der Waals surface area contributed by atoms with Crippen molar-refractivity contribution in [2.45, 2.75) is 50.7 Å². The maximum absolute atomic E-state index is 12.3. The molecule has 10 heteroatoms. The van der Waals surface area contributed by atoms with E-state index in [1.54, 1.807) is 6.33 Å². The molecule has 1 aliphatic heterocycles. The van der Waals surface area contributed by atoms with Crippen molar-refractivity contribution >= 4 is 17.1 Å². The molecule has 0 spiro atoms. The van der Waals surface area contributed by atoms with Crippen molar-refractivity contribution in [2.75, 3.05) is 26.2 Å². The monoisotopic (exact) mass is 447 g/mol.